The maximum Gasteiger partial charge on any atom is 0.302 e. The van der Waals surface area contributed by atoms with Gasteiger partial charge in [-0.15, -0.1) is 0 Å². The molecule has 0 bridgehead atoms. The van der Waals surface area contributed by atoms with E-state index in [1.807, 2.05) is 0 Å². The van der Waals surface area contributed by atoms with E-state index in [0.29, 0.717) is 30.6 Å². The first kappa shape index (κ1) is 22.3. The predicted molar refractivity (Wildman–Crippen MR) is 117 cm³/mol. The van der Waals surface area contributed by atoms with E-state index in [4.69, 9.17) is 9.47 Å². The highest BCUT2D eigenvalue weighted by molar-refractivity contribution is 5.67. The molecule has 0 N–H and O–H groups in total. The lowest BCUT2D eigenvalue weighted by Crippen LogP contribution is -2.54. The zero-order chi connectivity index (χ0) is 22.6. The van der Waals surface area contributed by atoms with E-state index in [9.17, 15) is 14.4 Å². The first-order valence-corrected chi connectivity index (χ1v) is 11.8. The summed E-state index contributed by atoms with van der Waals surface area (Å²) in [6.07, 6.45) is 10.7. The fraction of sp³-hybridized carbons (Fsp3) is 0.731. The van der Waals surface area contributed by atoms with Gasteiger partial charge in [-0.1, -0.05) is 44.1 Å². The summed E-state index contributed by atoms with van der Waals surface area (Å²) < 4.78 is 11.4. The first-order valence-electron chi connectivity index (χ1n) is 11.8. The normalized spacial score (nSPS) is 42.2. The summed E-state index contributed by atoms with van der Waals surface area (Å²) in [6.45, 7) is 9.59. The number of hydrogen-bond donors (Lipinski definition) is 0. The Kier molecular flexibility index (Phi) is 5.68. The van der Waals surface area contributed by atoms with Crippen molar-refractivity contribution >= 4 is 18.2 Å². The van der Waals surface area contributed by atoms with Gasteiger partial charge in [0.15, 0.2) is 0 Å². The Hall–Kier alpha value is -1.91. The van der Waals surface area contributed by atoms with Crippen LogP contribution in [-0.2, 0) is 23.9 Å². The van der Waals surface area contributed by atoms with Crippen molar-refractivity contribution in [2.45, 2.75) is 85.4 Å². The zero-order valence-electron chi connectivity index (χ0n) is 19.5. The molecule has 0 aromatic heterocycles. The molecular formula is C26H36O5. The van der Waals surface area contributed by atoms with Crippen LogP contribution in [0, 0.1) is 34.5 Å². The lowest BCUT2D eigenvalue weighted by Gasteiger charge is -2.57. The molecule has 0 heterocycles. The molecule has 0 amide bonds. The molecule has 0 aromatic rings. The Balaban J connectivity index is 1.70. The Morgan fingerprint density at radius 1 is 1.06 bits per heavy atom. The third kappa shape index (κ3) is 3.48. The maximum atomic E-state index is 12.0. The van der Waals surface area contributed by atoms with Gasteiger partial charge in [0, 0.05) is 38.0 Å². The number of rotatable bonds is 4. The fourth-order valence-corrected chi connectivity index (χ4v) is 7.70. The summed E-state index contributed by atoms with van der Waals surface area (Å²) in [6, 6.07) is 0. The highest BCUT2D eigenvalue weighted by Gasteiger charge is 2.60. The molecule has 170 valence electrons. The van der Waals surface area contributed by atoms with Crippen LogP contribution < -0.4 is 0 Å². The molecule has 31 heavy (non-hydrogen) atoms. The molecule has 0 aromatic carbocycles. The molecular weight excluding hydrogens is 392 g/mol. The maximum absolute atomic E-state index is 12.0. The molecule has 5 nitrogen and oxygen atoms in total. The van der Waals surface area contributed by atoms with Gasteiger partial charge in [-0.05, 0) is 48.9 Å². The van der Waals surface area contributed by atoms with E-state index in [-0.39, 0.29) is 40.9 Å². The smallest absolute Gasteiger partial charge is 0.302 e. The summed E-state index contributed by atoms with van der Waals surface area (Å²) in [4.78, 5) is 35.2. The lowest BCUT2D eigenvalue weighted by atomic mass is 9.49. The van der Waals surface area contributed by atoms with Gasteiger partial charge < -0.3 is 14.3 Å². The molecule has 0 radical (unpaired) electrons. The van der Waals surface area contributed by atoms with E-state index < -0.39 is 0 Å². The SMILES string of the molecule is CC(=O)OC1CC2=CC=C3[C@@H]4CC[C@H](C(C)C=O)[C@@]4(C)CC[C@@H]3[C@@]2(C)C(OC(C)=O)C1. The van der Waals surface area contributed by atoms with E-state index in [0.717, 1.165) is 32.0 Å². The molecule has 3 unspecified atom stereocenters. The number of esters is 2. The average molecular weight is 429 g/mol. The Morgan fingerprint density at radius 2 is 1.77 bits per heavy atom. The molecule has 4 rings (SSSR count). The van der Waals surface area contributed by atoms with Crippen LogP contribution in [0.4, 0.5) is 0 Å². The Bertz CT molecular complexity index is 841. The van der Waals surface area contributed by atoms with Crippen molar-refractivity contribution in [3.63, 3.8) is 0 Å². The predicted octanol–water partition coefficient (Wildman–Crippen LogP) is 4.79. The Morgan fingerprint density at radius 3 is 2.42 bits per heavy atom. The van der Waals surface area contributed by atoms with Gasteiger partial charge in [0.2, 0.25) is 0 Å². The molecule has 0 saturated heterocycles. The van der Waals surface area contributed by atoms with Gasteiger partial charge in [0.1, 0.15) is 18.5 Å². The summed E-state index contributed by atoms with van der Waals surface area (Å²) >= 11 is 0. The third-order valence-corrected chi connectivity index (χ3v) is 9.16. The van der Waals surface area contributed by atoms with Crippen molar-refractivity contribution in [1.29, 1.82) is 0 Å². The highest BCUT2D eigenvalue weighted by Crippen LogP contribution is 2.66. The number of hydrogen-bond acceptors (Lipinski definition) is 5. The first-order chi connectivity index (χ1) is 14.6. The minimum atomic E-state index is -0.307. The van der Waals surface area contributed by atoms with Gasteiger partial charge in [0.25, 0.3) is 0 Å². The van der Waals surface area contributed by atoms with Crippen molar-refractivity contribution < 1.29 is 23.9 Å². The van der Waals surface area contributed by atoms with Crippen LogP contribution in [-0.4, -0.2) is 30.4 Å². The zero-order valence-corrected chi connectivity index (χ0v) is 19.5. The molecule has 3 fully saturated rings. The lowest BCUT2D eigenvalue weighted by molar-refractivity contribution is -0.165. The van der Waals surface area contributed by atoms with Crippen molar-refractivity contribution in [3.8, 4) is 0 Å². The van der Waals surface area contributed by atoms with Crippen LogP contribution in [0.2, 0.25) is 0 Å². The minimum absolute atomic E-state index is 0.0883. The monoisotopic (exact) mass is 428 g/mol. The largest absolute Gasteiger partial charge is 0.462 e. The molecule has 0 aliphatic heterocycles. The molecule has 4 aliphatic carbocycles. The van der Waals surface area contributed by atoms with Crippen LogP contribution >= 0.6 is 0 Å². The van der Waals surface area contributed by atoms with Crippen LogP contribution in [0.25, 0.3) is 0 Å². The molecule has 5 heteroatoms. The molecule has 3 saturated carbocycles. The summed E-state index contributed by atoms with van der Waals surface area (Å²) in [5, 5.41) is 0. The summed E-state index contributed by atoms with van der Waals surface area (Å²) in [5.74, 6) is 0.726. The van der Waals surface area contributed by atoms with Crippen molar-refractivity contribution in [2.24, 2.45) is 34.5 Å². The average Bonchev–Trinajstić information content (AvgIpc) is 3.04. The highest BCUT2D eigenvalue weighted by atomic mass is 16.6. The standard InChI is InChI=1S/C26H36O5/c1-15(14-27)21-8-9-22-20-7-6-18-12-19(30-16(2)28)13-24(31-17(3)29)26(18,5)23(20)10-11-25(21,22)4/h6-7,14-15,19,21-24H,8-13H2,1-5H3/t15?,19?,21-,22+,23+,24?,25-,26+/m1/s1. The molecule has 4 aliphatic rings. The van der Waals surface area contributed by atoms with Gasteiger partial charge in [0.05, 0.1) is 0 Å². The van der Waals surface area contributed by atoms with Crippen molar-refractivity contribution in [2.75, 3.05) is 0 Å². The van der Waals surface area contributed by atoms with Gasteiger partial charge in [-0.25, -0.2) is 0 Å². The molecule has 0 spiro atoms. The number of fused-ring (bicyclic) bond motifs is 5. The Labute approximate surface area is 185 Å². The molecule has 8 atom stereocenters. The third-order valence-electron chi connectivity index (χ3n) is 9.16. The van der Waals surface area contributed by atoms with Crippen molar-refractivity contribution in [3.05, 3.63) is 23.3 Å². The number of allylic oxidation sites excluding steroid dienone is 3. The van der Waals surface area contributed by atoms with Crippen molar-refractivity contribution in [1.82, 2.24) is 0 Å². The van der Waals surface area contributed by atoms with Gasteiger partial charge in [-0.3, -0.25) is 9.59 Å². The van der Waals surface area contributed by atoms with Gasteiger partial charge in [-0.2, -0.15) is 0 Å². The van der Waals surface area contributed by atoms with Crippen LogP contribution in [0.5, 0.6) is 0 Å². The number of carbonyl (C=O) groups is 3. The number of ether oxygens (including phenoxy) is 2. The van der Waals surface area contributed by atoms with Crippen LogP contribution in [0.3, 0.4) is 0 Å². The minimum Gasteiger partial charge on any atom is -0.462 e. The number of carbonyl (C=O) groups excluding carboxylic acids is 3. The second-order valence-electron chi connectivity index (χ2n) is 10.7. The second kappa shape index (κ2) is 7.90. The fourth-order valence-electron chi connectivity index (χ4n) is 7.70. The van der Waals surface area contributed by atoms with E-state index >= 15 is 0 Å². The summed E-state index contributed by atoms with van der Waals surface area (Å²) in [5.41, 5.74) is 2.58. The quantitative estimate of drug-likeness (QED) is 0.475. The van der Waals surface area contributed by atoms with E-state index in [1.165, 1.54) is 25.0 Å². The van der Waals surface area contributed by atoms with Crippen LogP contribution in [0.1, 0.15) is 73.1 Å². The second-order valence-corrected chi connectivity index (χ2v) is 10.7. The topological polar surface area (TPSA) is 69.7 Å². The number of aldehydes is 1. The van der Waals surface area contributed by atoms with E-state index in [1.54, 1.807) is 0 Å². The van der Waals surface area contributed by atoms with Crippen LogP contribution in [0.15, 0.2) is 23.3 Å². The van der Waals surface area contributed by atoms with E-state index in [2.05, 4.69) is 32.9 Å². The summed E-state index contributed by atoms with van der Waals surface area (Å²) in [7, 11) is 0. The van der Waals surface area contributed by atoms with Gasteiger partial charge >= 0.3 is 11.9 Å².